The summed E-state index contributed by atoms with van der Waals surface area (Å²) < 4.78 is 62.7. The molecule has 0 aliphatic heterocycles. The minimum Gasteiger partial charge on any atom is -0.324 e. The van der Waals surface area contributed by atoms with E-state index in [2.05, 4.69) is 5.32 Å². The molecule has 0 atom stereocenters. The molecular formula is C14H18ClF3N2O3S. The van der Waals surface area contributed by atoms with E-state index >= 15 is 0 Å². The van der Waals surface area contributed by atoms with Gasteiger partial charge in [-0.05, 0) is 39.0 Å². The summed E-state index contributed by atoms with van der Waals surface area (Å²) in [4.78, 5) is 12.1. The van der Waals surface area contributed by atoms with Crippen molar-refractivity contribution in [3.05, 3.63) is 28.8 Å². The highest BCUT2D eigenvalue weighted by Gasteiger charge is 2.33. The zero-order chi connectivity index (χ0) is 18.9. The average molecular weight is 387 g/mol. The molecule has 0 heterocycles. The van der Waals surface area contributed by atoms with Gasteiger partial charge in [0.15, 0.2) is 0 Å². The molecule has 1 rings (SSSR count). The fourth-order valence-corrected chi connectivity index (χ4v) is 3.48. The van der Waals surface area contributed by atoms with E-state index in [0.717, 1.165) is 22.7 Å². The highest BCUT2D eigenvalue weighted by molar-refractivity contribution is 7.88. The summed E-state index contributed by atoms with van der Waals surface area (Å²) in [5.74, 6) is -0.795. The van der Waals surface area contributed by atoms with Crippen LogP contribution >= 0.6 is 11.6 Å². The molecule has 0 unspecified atom stereocenters. The van der Waals surface area contributed by atoms with Crippen molar-refractivity contribution in [2.24, 2.45) is 0 Å². The number of sulfonamides is 1. The maximum atomic E-state index is 12.7. The van der Waals surface area contributed by atoms with Gasteiger partial charge in [-0.2, -0.15) is 17.5 Å². The normalized spacial score (nSPS) is 13.2. The van der Waals surface area contributed by atoms with Crippen molar-refractivity contribution < 1.29 is 26.4 Å². The first kappa shape index (κ1) is 20.7. The Morgan fingerprint density at radius 2 is 1.79 bits per heavy atom. The summed E-state index contributed by atoms with van der Waals surface area (Å²) in [6, 6.07) is 2.50. The second-order valence-corrected chi connectivity index (χ2v) is 8.50. The van der Waals surface area contributed by atoms with E-state index in [-0.39, 0.29) is 10.7 Å². The van der Waals surface area contributed by atoms with Gasteiger partial charge in [0.1, 0.15) is 0 Å². The molecule has 0 radical (unpaired) electrons. The Hall–Kier alpha value is -1.32. The van der Waals surface area contributed by atoms with Gasteiger partial charge in [0.2, 0.25) is 15.9 Å². The van der Waals surface area contributed by atoms with Crippen molar-refractivity contribution in [1.29, 1.82) is 0 Å². The number of hydrogen-bond acceptors (Lipinski definition) is 3. The lowest BCUT2D eigenvalue weighted by molar-refractivity contribution is -0.137. The number of amides is 1. The van der Waals surface area contributed by atoms with Gasteiger partial charge >= 0.3 is 6.18 Å². The molecule has 24 heavy (non-hydrogen) atoms. The molecule has 0 spiro atoms. The van der Waals surface area contributed by atoms with Gasteiger partial charge in [0.25, 0.3) is 0 Å². The first-order valence-corrected chi connectivity index (χ1v) is 8.99. The molecule has 10 heteroatoms. The molecular weight excluding hydrogens is 369 g/mol. The van der Waals surface area contributed by atoms with E-state index in [1.807, 2.05) is 0 Å². The number of carbonyl (C=O) groups excluding carboxylic acids is 1. The van der Waals surface area contributed by atoms with Gasteiger partial charge in [-0.3, -0.25) is 4.79 Å². The Bertz CT molecular complexity index is 728. The van der Waals surface area contributed by atoms with Crippen LogP contribution in [0.4, 0.5) is 18.9 Å². The lowest BCUT2D eigenvalue weighted by atomic mass is 10.1. The Labute approximate surface area is 143 Å². The van der Waals surface area contributed by atoms with Gasteiger partial charge in [-0.1, -0.05) is 11.6 Å². The van der Waals surface area contributed by atoms with Crippen LogP contribution in [0.5, 0.6) is 0 Å². The standard InChI is InChI=1S/C14H18ClF3N2O3S/c1-13(2,3)20(24(4,22)23)8-12(21)19-11-7-9(14(16,17)18)5-6-10(11)15/h5-7H,8H2,1-4H3,(H,19,21). The van der Waals surface area contributed by atoms with Crippen LogP contribution in [-0.4, -0.2) is 37.0 Å². The van der Waals surface area contributed by atoms with E-state index in [4.69, 9.17) is 11.6 Å². The van der Waals surface area contributed by atoms with E-state index in [9.17, 15) is 26.4 Å². The molecule has 0 aliphatic carbocycles. The first-order valence-electron chi connectivity index (χ1n) is 6.77. The van der Waals surface area contributed by atoms with Gasteiger partial charge in [-0.15, -0.1) is 0 Å². The molecule has 5 nitrogen and oxygen atoms in total. The van der Waals surface area contributed by atoms with Gasteiger partial charge < -0.3 is 5.32 Å². The van der Waals surface area contributed by atoms with Crippen molar-refractivity contribution in [1.82, 2.24) is 4.31 Å². The maximum absolute atomic E-state index is 12.7. The molecule has 1 N–H and O–H groups in total. The molecule has 0 saturated heterocycles. The van der Waals surface area contributed by atoms with E-state index in [1.54, 1.807) is 20.8 Å². The van der Waals surface area contributed by atoms with Crippen molar-refractivity contribution >= 4 is 33.2 Å². The SMILES string of the molecule is CC(C)(C)N(CC(=O)Nc1cc(C(F)(F)F)ccc1Cl)S(C)(=O)=O. The van der Waals surface area contributed by atoms with Crippen LogP contribution in [0, 0.1) is 0 Å². The summed E-state index contributed by atoms with van der Waals surface area (Å²) in [5.41, 5.74) is -2.08. The maximum Gasteiger partial charge on any atom is 0.416 e. The number of nitrogens with zero attached hydrogens (tertiary/aromatic N) is 1. The second-order valence-electron chi connectivity index (χ2n) is 6.18. The van der Waals surface area contributed by atoms with E-state index < -0.39 is 39.8 Å². The second kappa shape index (κ2) is 6.89. The fourth-order valence-electron chi connectivity index (χ4n) is 1.97. The van der Waals surface area contributed by atoms with Gasteiger partial charge in [0.05, 0.1) is 29.1 Å². The molecule has 0 saturated carbocycles. The van der Waals surface area contributed by atoms with Crippen LogP contribution in [0.1, 0.15) is 26.3 Å². The first-order chi connectivity index (χ1) is 10.6. The largest absolute Gasteiger partial charge is 0.416 e. The fraction of sp³-hybridized carbons (Fsp3) is 0.500. The van der Waals surface area contributed by atoms with Crippen LogP contribution in [0.15, 0.2) is 18.2 Å². The highest BCUT2D eigenvalue weighted by Crippen LogP contribution is 2.33. The van der Waals surface area contributed by atoms with Crippen LogP contribution in [0.2, 0.25) is 5.02 Å². The average Bonchev–Trinajstić information content (AvgIpc) is 2.34. The monoisotopic (exact) mass is 386 g/mol. The molecule has 0 fully saturated rings. The molecule has 1 aromatic rings. The Morgan fingerprint density at radius 1 is 1.25 bits per heavy atom. The van der Waals surface area contributed by atoms with E-state index in [0.29, 0.717) is 6.07 Å². The van der Waals surface area contributed by atoms with Crippen LogP contribution in [0.25, 0.3) is 0 Å². The minimum atomic E-state index is -4.59. The Balaban J connectivity index is 3.04. The molecule has 0 aromatic heterocycles. The van der Waals surface area contributed by atoms with Crippen molar-refractivity contribution in [3.63, 3.8) is 0 Å². The minimum absolute atomic E-state index is 0.0852. The lowest BCUT2D eigenvalue weighted by Gasteiger charge is -2.32. The summed E-state index contributed by atoms with van der Waals surface area (Å²) in [7, 11) is -3.69. The van der Waals surface area contributed by atoms with Gasteiger partial charge in [0, 0.05) is 5.54 Å². The van der Waals surface area contributed by atoms with E-state index in [1.165, 1.54) is 0 Å². The zero-order valence-corrected chi connectivity index (χ0v) is 15.1. The lowest BCUT2D eigenvalue weighted by Crippen LogP contribution is -2.48. The summed E-state index contributed by atoms with van der Waals surface area (Å²) in [6.45, 7) is 4.24. The zero-order valence-electron chi connectivity index (χ0n) is 13.5. The third kappa shape index (κ3) is 5.64. The number of rotatable bonds is 4. The topological polar surface area (TPSA) is 66.5 Å². The predicted octanol–water partition coefficient (Wildman–Crippen LogP) is 3.36. The van der Waals surface area contributed by atoms with Crippen LogP contribution in [0.3, 0.4) is 0 Å². The molecule has 1 aromatic carbocycles. The Kier molecular flexibility index (Phi) is 5.95. The van der Waals surface area contributed by atoms with Crippen molar-refractivity contribution in [2.45, 2.75) is 32.5 Å². The van der Waals surface area contributed by atoms with Crippen LogP contribution < -0.4 is 5.32 Å². The van der Waals surface area contributed by atoms with Crippen molar-refractivity contribution in [3.8, 4) is 0 Å². The summed E-state index contributed by atoms with van der Waals surface area (Å²) >= 11 is 5.79. The number of hydrogen-bond donors (Lipinski definition) is 1. The third-order valence-corrected chi connectivity index (χ3v) is 4.81. The molecule has 1 amide bonds. The number of nitrogens with one attached hydrogen (secondary N) is 1. The molecule has 0 aliphatic rings. The summed E-state index contributed by atoms with van der Waals surface area (Å²) in [5, 5.41) is 2.14. The Morgan fingerprint density at radius 3 is 2.21 bits per heavy atom. The number of alkyl halides is 3. The number of halogens is 4. The summed E-state index contributed by atoms with van der Waals surface area (Å²) in [6.07, 6.45) is -3.64. The smallest absolute Gasteiger partial charge is 0.324 e. The van der Waals surface area contributed by atoms with Gasteiger partial charge in [-0.25, -0.2) is 8.42 Å². The molecule has 136 valence electrons. The van der Waals surface area contributed by atoms with Crippen LogP contribution in [-0.2, 0) is 21.0 Å². The number of benzene rings is 1. The highest BCUT2D eigenvalue weighted by atomic mass is 35.5. The third-order valence-electron chi connectivity index (χ3n) is 3.00. The number of carbonyl (C=O) groups is 1. The van der Waals surface area contributed by atoms with Crippen molar-refractivity contribution in [2.75, 3.05) is 18.1 Å². The quantitative estimate of drug-likeness (QED) is 0.862. The molecule has 0 bridgehead atoms. The number of anilines is 1. The predicted molar refractivity (Wildman–Crippen MR) is 86.4 cm³/mol.